The molecule has 5 heterocycles. The molecule has 3 saturated heterocycles. The molecule has 9 rings (SSSR count). The highest BCUT2D eigenvalue weighted by molar-refractivity contribution is 7.86. The normalized spacial score (nSPS) is 21.7. The van der Waals surface area contributed by atoms with E-state index in [1.165, 1.54) is 51.7 Å². The van der Waals surface area contributed by atoms with Crippen molar-refractivity contribution in [3.05, 3.63) is 113 Å². The van der Waals surface area contributed by atoms with Crippen LogP contribution in [0.5, 0.6) is 0 Å². The Hall–Kier alpha value is -9.20. The van der Waals surface area contributed by atoms with Gasteiger partial charge in [-0.3, -0.25) is 43.1 Å². The van der Waals surface area contributed by atoms with Crippen LogP contribution in [-0.2, 0) is 75.7 Å². The van der Waals surface area contributed by atoms with Gasteiger partial charge in [0.25, 0.3) is 10.1 Å². The lowest BCUT2D eigenvalue weighted by atomic mass is 9.79. The van der Waals surface area contributed by atoms with Crippen molar-refractivity contribution in [3.8, 4) is 0 Å². The quantitative estimate of drug-likeness (QED) is 0.0162. The minimum atomic E-state index is -4.54. The first-order valence-corrected chi connectivity index (χ1v) is 34.4. The van der Waals surface area contributed by atoms with Gasteiger partial charge in [0.05, 0.1) is 18.4 Å². The minimum Gasteiger partial charge on any atom is -0.481 e. The Morgan fingerprint density at radius 3 is 2.12 bits per heavy atom. The zero-order valence-electron chi connectivity index (χ0n) is 55.4. The topological polar surface area (TPSA) is 431 Å². The maximum Gasteiger partial charge on any atom is 0.425 e. The first kappa shape index (κ1) is 74.2. The number of piperidine rings is 1. The fraction of sp³-hybridized carbons (Fsp3) is 0.462. The summed E-state index contributed by atoms with van der Waals surface area (Å²) < 4.78 is 94.2. The summed E-state index contributed by atoms with van der Waals surface area (Å²) in [6.45, 7) is 13.9. The molecule has 4 aromatic rings. The lowest BCUT2D eigenvalue weighted by Crippen LogP contribution is -2.65. The smallest absolute Gasteiger partial charge is 0.425 e. The van der Waals surface area contributed by atoms with Crippen molar-refractivity contribution in [1.82, 2.24) is 31.5 Å². The van der Waals surface area contributed by atoms with E-state index < -0.39 is 121 Å². The van der Waals surface area contributed by atoms with Gasteiger partial charge in [-0.1, -0.05) is 75.9 Å². The molecule has 0 spiro atoms. The van der Waals surface area contributed by atoms with E-state index in [4.69, 9.17) is 38.1 Å². The van der Waals surface area contributed by atoms with Gasteiger partial charge in [-0.15, -0.1) is 25.3 Å². The number of likely N-dealkylation sites (N-methyl/N-ethyl adjacent to an activating group) is 1. The fourth-order valence-electron chi connectivity index (χ4n) is 13.7. The lowest BCUT2D eigenvalue weighted by molar-refractivity contribution is -0.438. The Kier molecular flexibility index (Phi) is 25.1. The molecule has 0 unspecified atom stereocenters. The molecule has 2 bridgehead atoms. The summed E-state index contributed by atoms with van der Waals surface area (Å²) in [7, 11) is -9.51. The summed E-state index contributed by atoms with van der Waals surface area (Å²) in [5.41, 5.74) is 17.8. The highest BCUT2D eigenvalue weighted by atomic mass is 32.2. The van der Waals surface area contributed by atoms with Gasteiger partial charge in [0.15, 0.2) is 11.7 Å². The molecule has 6 amide bonds. The van der Waals surface area contributed by atoms with Crippen molar-refractivity contribution in [1.29, 1.82) is 0 Å². The van der Waals surface area contributed by atoms with Gasteiger partial charge >= 0.3 is 27.2 Å². The molecule has 28 nitrogen and oxygen atoms in total. The van der Waals surface area contributed by atoms with Crippen molar-refractivity contribution >= 4 is 117 Å². The number of anilines is 1. The van der Waals surface area contributed by atoms with Crippen molar-refractivity contribution in [2.24, 2.45) is 22.4 Å². The van der Waals surface area contributed by atoms with Crippen molar-refractivity contribution < 1.29 is 82.8 Å². The number of fused-ring (bicyclic) bond motifs is 7. The summed E-state index contributed by atoms with van der Waals surface area (Å²) >= 11 is 0. The van der Waals surface area contributed by atoms with Gasteiger partial charge in [-0.2, -0.15) is 13.0 Å². The van der Waals surface area contributed by atoms with E-state index in [2.05, 4.69) is 131 Å². The molecule has 6 atom stereocenters. The Morgan fingerprint density at radius 1 is 0.802 bits per heavy atom. The lowest BCUT2D eigenvalue weighted by Gasteiger charge is -2.42. The first-order valence-electron chi connectivity index (χ1n) is 31.9. The fourth-order valence-corrected chi connectivity index (χ4v) is 14.5. The second-order valence-electron chi connectivity index (χ2n) is 24.7. The molecule has 96 heavy (non-hydrogen) atoms. The molecular weight excluding hydrogens is 1300 g/mol. The Balaban J connectivity index is 0.00000140. The van der Waals surface area contributed by atoms with Crippen LogP contribution in [0.1, 0.15) is 124 Å². The summed E-state index contributed by atoms with van der Waals surface area (Å²) in [5, 5.41) is 26.5. The highest BCUT2D eigenvalue weighted by Gasteiger charge is 2.51. The number of aryl methyl sites for hydroxylation is 1. The number of carboxylic acids is 1. The van der Waals surface area contributed by atoms with E-state index in [1.54, 1.807) is 12.1 Å². The standard InChI is InChI=1S/C64H79N11O11S.CH4.2O3S/c1-7-73-46-29-26-40-37(2)17-14-18-42(40)55(46)63(3,4)50(73)22-10-8-11-23-51-64(5,6)56-43-19-15-21-49(87(84,85)86)41(43)27-30-47(56)74(51)32-13-9-12-24-52(76)68-35-38-33-39-25-28-48-60(82)71-44(20-16-31-67-62(65)66)58(80)69-36-53(77)70-45(34-54(78)79)59(81)72-57(38)61(83)75(39)48;;2*1-4(2)3/h8,10-11,14-15,17-19,21-23,26-27,29-30,38-39,44-45,48,57H,7,9,12-13,16,20,24-25,28,31-36H2,1-6H3,(H10-,65,66,67,68,69,70,71,72,76,77,78,79,80,81,82,84,85,86);1H4;;/p+1/t38-,39-,44-,45-,48-,57+;;;/m0.../s1/i;1D;;. The minimum absolute atomic E-state index is 0.0365. The molecule has 0 aromatic heterocycles. The Labute approximate surface area is 561 Å². The number of amides is 6. The van der Waals surface area contributed by atoms with Crippen LogP contribution in [0.4, 0.5) is 11.4 Å². The number of benzene rings is 4. The second-order valence-corrected chi connectivity index (χ2v) is 26.9. The van der Waals surface area contributed by atoms with Crippen molar-refractivity contribution in [2.75, 3.05) is 37.6 Å². The third-order valence-electron chi connectivity index (χ3n) is 17.8. The number of carbonyl (C=O) groups excluding carboxylic acids is 6. The summed E-state index contributed by atoms with van der Waals surface area (Å²) in [6, 6.07) is 13.9. The largest absolute Gasteiger partial charge is 0.481 e. The zero-order valence-corrected chi connectivity index (χ0v) is 56.9. The van der Waals surface area contributed by atoms with Gasteiger partial charge in [0.1, 0.15) is 35.6 Å². The van der Waals surface area contributed by atoms with Gasteiger partial charge in [-0.25, -0.2) is 0 Å². The number of nitrogens with two attached hydrogens (primary N) is 2. The molecule has 31 heteroatoms. The van der Waals surface area contributed by atoms with Gasteiger partial charge in [0, 0.05) is 85.7 Å². The third-order valence-corrected chi connectivity index (χ3v) is 18.7. The number of nitrogens with zero attached hydrogens (tertiary/aromatic N) is 4. The first-order chi connectivity index (χ1) is 45.8. The average Bonchev–Trinajstić information content (AvgIpc) is 1.59. The molecule has 0 saturated carbocycles. The Morgan fingerprint density at radius 2 is 1.47 bits per heavy atom. The molecule has 5 aliphatic heterocycles. The van der Waals surface area contributed by atoms with Gasteiger partial charge < -0.3 is 53.0 Å². The molecule has 0 radical (unpaired) electrons. The second kappa shape index (κ2) is 32.5. The van der Waals surface area contributed by atoms with E-state index in [-0.39, 0.29) is 67.4 Å². The van der Waals surface area contributed by atoms with Crippen molar-refractivity contribution in [3.63, 3.8) is 0 Å². The van der Waals surface area contributed by atoms with Crippen LogP contribution < -0.4 is 43.0 Å². The monoisotopic (exact) mass is 1390 g/mol. The molecule has 5 aliphatic rings. The van der Waals surface area contributed by atoms with E-state index in [0.717, 1.165) is 23.5 Å². The van der Waals surface area contributed by atoms with Crippen LogP contribution in [0.15, 0.2) is 107 Å². The maximum atomic E-state index is 14.6. The number of aliphatic carboxylic acids is 1. The van der Waals surface area contributed by atoms with Crippen LogP contribution in [0.2, 0.25) is 0 Å². The molecule has 0 aliphatic carbocycles. The molecule has 518 valence electrons. The number of rotatable bonds is 19. The summed E-state index contributed by atoms with van der Waals surface area (Å²) in [4.78, 5) is 102. The number of unbranched alkanes of at least 4 members (excludes halogenated alkanes) is 2. The van der Waals surface area contributed by atoms with E-state index in [9.17, 15) is 51.6 Å². The molecular formula is C65H84N11O17S3+. The number of hydrogen-bond donors (Lipinski definition) is 9. The number of carbonyl (C=O) groups is 7. The highest BCUT2D eigenvalue weighted by Crippen LogP contribution is 2.51. The predicted molar refractivity (Wildman–Crippen MR) is 358 cm³/mol. The van der Waals surface area contributed by atoms with Gasteiger partial charge in [0.2, 0.25) is 41.1 Å². The zero-order chi connectivity index (χ0) is 71.9. The van der Waals surface area contributed by atoms with E-state index in [1.807, 2.05) is 24.3 Å². The van der Waals surface area contributed by atoms with Crippen molar-refractivity contribution in [2.45, 2.75) is 159 Å². The number of aliphatic imine (C=N–C) groups is 1. The number of carboxylic acid groups (broad SMARTS) is 1. The van der Waals surface area contributed by atoms with Crippen LogP contribution in [0.25, 0.3) is 21.5 Å². The number of guanidine groups is 1. The third kappa shape index (κ3) is 17.8. The van der Waals surface area contributed by atoms with E-state index in [0.29, 0.717) is 43.0 Å². The van der Waals surface area contributed by atoms with Crippen LogP contribution in [0, 0.1) is 12.8 Å². The van der Waals surface area contributed by atoms with Crippen LogP contribution in [-0.4, -0.2) is 169 Å². The van der Waals surface area contributed by atoms with Crippen LogP contribution >= 0.6 is 0 Å². The summed E-state index contributed by atoms with van der Waals surface area (Å²) in [6.07, 6.45) is 12.7. The van der Waals surface area contributed by atoms with Gasteiger partial charge in [-0.05, 0) is 124 Å². The summed E-state index contributed by atoms with van der Waals surface area (Å²) in [5.74, 6) is -6.36. The number of allylic oxidation sites excluding steroid dienone is 6. The number of nitrogens with one attached hydrogen (secondary N) is 5. The van der Waals surface area contributed by atoms with Crippen LogP contribution in [0.3, 0.4) is 0 Å². The van der Waals surface area contributed by atoms with E-state index >= 15 is 0 Å². The predicted octanol–water partition coefficient (Wildman–Crippen LogP) is 3.53. The average molecular weight is 1390 g/mol. The SMILES string of the molecule is CCN1C(=CC=CC=CC2=[N+](CCCCCC(=O)NC[C@@H]3C[C@@H]4CC[C@H]5C(=O)N[C@@H](CCCN=C(N)N)C(=O)NCC(=O)N[C@@H](CC(=O)O)C(=O)N[C@H]3C(=O)N45)c3ccc4c(S(=O)(=O)O)cccc4c3C2(C)C)C(C)(C)c2c1ccc1c(C)cccc21.O=S(=O)=O.O=S(=O)=O.[2H]C. The Bertz CT molecular complexity index is 4190. The molecule has 4 aromatic carbocycles. The maximum absolute atomic E-state index is 14.6. The molecule has 11 N–H and O–H groups in total. The molecule has 3 fully saturated rings. The number of hydrogen-bond acceptors (Lipinski definition) is 17.